The standard InChI is InChI=1S/C17H25N3O/c1-5-18-10-17-13(2)9-16(21-17)12-20(4)11-15-8-6-7-14(3)19-15/h6-9,18H,5,10-12H2,1-4H3. The van der Waals surface area contributed by atoms with Crippen LogP contribution in [0.1, 0.15) is 35.4 Å². The minimum atomic E-state index is 0.794. The average molecular weight is 287 g/mol. The topological polar surface area (TPSA) is 41.3 Å². The third-order valence-corrected chi connectivity index (χ3v) is 3.41. The van der Waals surface area contributed by atoms with Gasteiger partial charge in [-0.15, -0.1) is 0 Å². The van der Waals surface area contributed by atoms with Crippen molar-refractivity contribution in [2.75, 3.05) is 13.6 Å². The molecule has 2 aromatic heterocycles. The van der Waals surface area contributed by atoms with E-state index in [0.717, 1.165) is 49.1 Å². The van der Waals surface area contributed by atoms with Crippen LogP contribution in [-0.2, 0) is 19.6 Å². The summed E-state index contributed by atoms with van der Waals surface area (Å²) < 4.78 is 5.92. The first-order valence-electron chi connectivity index (χ1n) is 7.48. The highest BCUT2D eigenvalue weighted by Gasteiger charge is 2.10. The van der Waals surface area contributed by atoms with Gasteiger partial charge in [0.25, 0.3) is 0 Å². The van der Waals surface area contributed by atoms with Crippen LogP contribution in [0.25, 0.3) is 0 Å². The molecule has 0 spiro atoms. The quantitative estimate of drug-likeness (QED) is 0.850. The molecule has 0 aromatic carbocycles. The van der Waals surface area contributed by atoms with E-state index in [1.165, 1.54) is 5.56 Å². The molecule has 0 aliphatic carbocycles. The fraction of sp³-hybridized carbons (Fsp3) is 0.471. The molecule has 0 fully saturated rings. The molecule has 2 heterocycles. The molecule has 0 amide bonds. The number of nitrogens with one attached hydrogen (secondary N) is 1. The summed E-state index contributed by atoms with van der Waals surface area (Å²) in [6.45, 7) is 9.59. The molecule has 2 rings (SSSR count). The van der Waals surface area contributed by atoms with Gasteiger partial charge in [0, 0.05) is 12.2 Å². The normalized spacial score (nSPS) is 11.3. The van der Waals surface area contributed by atoms with E-state index in [-0.39, 0.29) is 0 Å². The molecular formula is C17H25N3O. The number of hydrogen-bond acceptors (Lipinski definition) is 4. The Hall–Kier alpha value is -1.65. The van der Waals surface area contributed by atoms with Gasteiger partial charge in [-0.25, -0.2) is 0 Å². The first-order chi connectivity index (χ1) is 10.1. The molecule has 0 atom stereocenters. The van der Waals surface area contributed by atoms with E-state index in [4.69, 9.17) is 4.42 Å². The largest absolute Gasteiger partial charge is 0.463 e. The number of hydrogen-bond donors (Lipinski definition) is 1. The third kappa shape index (κ3) is 4.69. The van der Waals surface area contributed by atoms with Crippen LogP contribution in [0.4, 0.5) is 0 Å². The number of nitrogens with zero attached hydrogens (tertiary/aromatic N) is 2. The first kappa shape index (κ1) is 15.7. The van der Waals surface area contributed by atoms with Gasteiger partial charge in [0.2, 0.25) is 0 Å². The predicted octanol–water partition coefficient (Wildman–Crippen LogP) is 3.03. The number of aromatic nitrogens is 1. The maximum Gasteiger partial charge on any atom is 0.120 e. The summed E-state index contributed by atoms with van der Waals surface area (Å²) in [5, 5.41) is 3.30. The molecule has 114 valence electrons. The summed E-state index contributed by atoms with van der Waals surface area (Å²) in [4.78, 5) is 6.76. The van der Waals surface area contributed by atoms with Crippen molar-refractivity contribution < 1.29 is 4.42 Å². The predicted molar refractivity (Wildman–Crippen MR) is 85.0 cm³/mol. The number of rotatable bonds is 7. The summed E-state index contributed by atoms with van der Waals surface area (Å²) in [5.41, 5.74) is 3.37. The summed E-state index contributed by atoms with van der Waals surface area (Å²) >= 11 is 0. The lowest BCUT2D eigenvalue weighted by Gasteiger charge is -2.14. The van der Waals surface area contributed by atoms with E-state index in [0.29, 0.717) is 0 Å². The molecule has 4 nitrogen and oxygen atoms in total. The zero-order chi connectivity index (χ0) is 15.2. The van der Waals surface area contributed by atoms with Gasteiger partial charge >= 0.3 is 0 Å². The van der Waals surface area contributed by atoms with Gasteiger partial charge in [0.05, 0.1) is 18.8 Å². The Labute approximate surface area is 127 Å². The molecule has 0 saturated heterocycles. The summed E-state index contributed by atoms with van der Waals surface area (Å²) in [6, 6.07) is 8.27. The summed E-state index contributed by atoms with van der Waals surface area (Å²) in [7, 11) is 2.09. The van der Waals surface area contributed by atoms with Crippen LogP contribution in [0.5, 0.6) is 0 Å². The van der Waals surface area contributed by atoms with Crippen LogP contribution in [0.3, 0.4) is 0 Å². The molecule has 0 bridgehead atoms. The molecule has 0 aliphatic heterocycles. The van der Waals surface area contributed by atoms with E-state index in [1.807, 2.05) is 13.0 Å². The van der Waals surface area contributed by atoms with Gasteiger partial charge in [0.15, 0.2) is 0 Å². The Morgan fingerprint density at radius 1 is 1.24 bits per heavy atom. The molecule has 0 saturated carbocycles. The van der Waals surface area contributed by atoms with E-state index in [9.17, 15) is 0 Å². The lowest BCUT2D eigenvalue weighted by atomic mass is 10.2. The number of aryl methyl sites for hydroxylation is 2. The highest BCUT2D eigenvalue weighted by Crippen LogP contribution is 2.16. The van der Waals surface area contributed by atoms with Crippen molar-refractivity contribution >= 4 is 0 Å². The van der Waals surface area contributed by atoms with Crippen molar-refractivity contribution in [2.45, 2.75) is 40.4 Å². The number of furan rings is 1. The molecule has 0 aliphatic rings. The van der Waals surface area contributed by atoms with E-state index >= 15 is 0 Å². The van der Waals surface area contributed by atoms with Crippen molar-refractivity contribution in [3.63, 3.8) is 0 Å². The minimum Gasteiger partial charge on any atom is -0.463 e. The summed E-state index contributed by atoms with van der Waals surface area (Å²) in [6.07, 6.45) is 0. The average Bonchev–Trinajstić information content (AvgIpc) is 2.76. The SMILES string of the molecule is CCNCc1oc(CN(C)Cc2cccc(C)n2)cc1C. The molecular weight excluding hydrogens is 262 g/mol. The van der Waals surface area contributed by atoms with Gasteiger partial charge < -0.3 is 9.73 Å². The van der Waals surface area contributed by atoms with Crippen LogP contribution in [0.15, 0.2) is 28.7 Å². The van der Waals surface area contributed by atoms with E-state index in [1.54, 1.807) is 0 Å². The second-order valence-electron chi connectivity index (χ2n) is 5.54. The molecule has 4 heteroatoms. The molecule has 2 aromatic rings. The van der Waals surface area contributed by atoms with Crippen molar-refractivity contribution in [3.05, 3.63) is 52.7 Å². The first-order valence-corrected chi connectivity index (χ1v) is 7.48. The monoisotopic (exact) mass is 287 g/mol. The Morgan fingerprint density at radius 2 is 2.05 bits per heavy atom. The van der Waals surface area contributed by atoms with Crippen molar-refractivity contribution in [2.24, 2.45) is 0 Å². The molecule has 21 heavy (non-hydrogen) atoms. The lowest BCUT2D eigenvalue weighted by Crippen LogP contribution is -2.17. The van der Waals surface area contributed by atoms with Crippen LogP contribution >= 0.6 is 0 Å². The van der Waals surface area contributed by atoms with Crippen LogP contribution in [0, 0.1) is 13.8 Å². The van der Waals surface area contributed by atoms with Crippen molar-refractivity contribution in [3.8, 4) is 0 Å². The number of pyridine rings is 1. The van der Waals surface area contributed by atoms with Crippen molar-refractivity contribution in [1.29, 1.82) is 0 Å². The van der Waals surface area contributed by atoms with Gasteiger partial charge in [-0.1, -0.05) is 13.0 Å². The van der Waals surface area contributed by atoms with Gasteiger partial charge in [-0.2, -0.15) is 0 Å². The van der Waals surface area contributed by atoms with E-state index in [2.05, 4.69) is 54.3 Å². The Morgan fingerprint density at radius 3 is 2.76 bits per heavy atom. The highest BCUT2D eigenvalue weighted by atomic mass is 16.3. The maximum absolute atomic E-state index is 5.92. The van der Waals surface area contributed by atoms with Gasteiger partial charge in [-0.05, 0) is 51.2 Å². The fourth-order valence-corrected chi connectivity index (χ4v) is 2.37. The van der Waals surface area contributed by atoms with Crippen LogP contribution in [-0.4, -0.2) is 23.5 Å². The van der Waals surface area contributed by atoms with Gasteiger partial charge in [0.1, 0.15) is 11.5 Å². The van der Waals surface area contributed by atoms with Crippen molar-refractivity contribution in [1.82, 2.24) is 15.2 Å². The zero-order valence-corrected chi connectivity index (χ0v) is 13.4. The van der Waals surface area contributed by atoms with Crippen LogP contribution < -0.4 is 5.32 Å². The Balaban J connectivity index is 1.94. The highest BCUT2D eigenvalue weighted by molar-refractivity contribution is 5.20. The lowest BCUT2D eigenvalue weighted by molar-refractivity contribution is 0.279. The molecule has 0 unspecified atom stereocenters. The van der Waals surface area contributed by atoms with Gasteiger partial charge in [-0.3, -0.25) is 9.88 Å². The second kappa shape index (κ2) is 7.38. The smallest absolute Gasteiger partial charge is 0.120 e. The maximum atomic E-state index is 5.92. The molecule has 0 radical (unpaired) electrons. The fourth-order valence-electron chi connectivity index (χ4n) is 2.37. The Bertz CT molecular complexity index is 577. The Kier molecular flexibility index (Phi) is 5.53. The second-order valence-corrected chi connectivity index (χ2v) is 5.54. The third-order valence-electron chi connectivity index (χ3n) is 3.41. The minimum absolute atomic E-state index is 0.794. The zero-order valence-electron chi connectivity index (χ0n) is 13.4. The summed E-state index contributed by atoms with van der Waals surface area (Å²) in [5.74, 6) is 2.05. The van der Waals surface area contributed by atoms with Crippen LogP contribution in [0.2, 0.25) is 0 Å². The van der Waals surface area contributed by atoms with E-state index < -0.39 is 0 Å². The molecule has 1 N–H and O–H groups in total.